The van der Waals surface area contributed by atoms with Crippen LogP contribution in [0, 0.1) is 17.1 Å². The van der Waals surface area contributed by atoms with E-state index >= 15 is 0 Å². The average Bonchev–Trinajstić information content (AvgIpc) is 3.54. The van der Waals surface area contributed by atoms with Crippen molar-refractivity contribution in [1.82, 2.24) is 19.4 Å². The number of nitrogens with zero attached hydrogens (tertiary/aromatic N) is 5. The first-order chi connectivity index (χ1) is 19.9. The average molecular weight is 574 g/mol. The Balaban J connectivity index is 1.17. The summed E-state index contributed by atoms with van der Waals surface area (Å²) in [6, 6.07) is 14.7. The molecule has 2 aliphatic heterocycles. The molecule has 2 aliphatic rings. The number of aromatic carboxylic acids is 1. The van der Waals surface area contributed by atoms with Crippen molar-refractivity contribution in [2.45, 2.75) is 32.2 Å². The number of imidazole rings is 1. The summed E-state index contributed by atoms with van der Waals surface area (Å²) in [7, 11) is 0. The van der Waals surface area contributed by atoms with E-state index in [9.17, 15) is 14.3 Å². The summed E-state index contributed by atoms with van der Waals surface area (Å²) in [5, 5.41) is 18.8. The second-order valence-corrected chi connectivity index (χ2v) is 10.4. The number of ether oxygens (including phenoxy) is 2. The number of carboxylic acid groups (broad SMARTS) is 1. The normalized spacial score (nSPS) is 16.8. The summed E-state index contributed by atoms with van der Waals surface area (Å²) in [5.74, 6) is -0.205. The van der Waals surface area contributed by atoms with Crippen molar-refractivity contribution >= 4 is 34.2 Å². The molecule has 1 fully saturated rings. The van der Waals surface area contributed by atoms with E-state index in [0.29, 0.717) is 48.2 Å². The number of nitriles is 1. The van der Waals surface area contributed by atoms with Gasteiger partial charge in [0.05, 0.1) is 58.1 Å². The van der Waals surface area contributed by atoms with Gasteiger partial charge in [0.15, 0.2) is 0 Å². The molecule has 1 N–H and O–H groups in total. The summed E-state index contributed by atoms with van der Waals surface area (Å²) >= 11 is 6.20. The molecule has 4 heterocycles. The summed E-state index contributed by atoms with van der Waals surface area (Å²) in [6.07, 6.45) is 2.96. The van der Waals surface area contributed by atoms with Gasteiger partial charge in [0.25, 0.3) is 0 Å². The van der Waals surface area contributed by atoms with Crippen molar-refractivity contribution in [3.05, 3.63) is 93.8 Å². The van der Waals surface area contributed by atoms with Gasteiger partial charge in [0, 0.05) is 19.7 Å². The number of halogens is 2. The maximum Gasteiger partial charge on any atom is 0.335 e. The fourth-order valence-electron chi connectivity index (χ4n) is 4.99. The minimum atomic E-state index is -0.989. The molecule has 0 spiro atoms. The molecule has 1 atom stereocenters. The molecule has 6 rings (SSSR count). The number of rotatable bonds is 9. The van der Waals surface area contributed by atoms with E-state index in [1.54, 1.807) is 36.4 Å². The number of carboxylic acids is 1. The van der Waals surface area contributed by atoms with E-state index < -0.39 is 11.8 Å². The second-order valence-electron chi connectivity index (χ2n) is 10.0. The maximum absolute atomic E-state index is 14.9. The number of carbonyl (C=O) groups is 1. The minimum absolute atomic E-state index is 0.0642. The first-order valence-electron chi connectivity index (χ1n) is 13.1. The molecule has 208 valence electrons. The van der Waals surface area contributed by atoms with Crippen LogP contribution in [0.4, 0.5) is 4.39 Å². The van der Waals surface area contributed by atoms with Gasteiger partial charge >= 0.3 is 5.97 Å². The summed E-state index contributed by atoms with van der Waals surface area (Å²) in [6.45, 7) is 2.94. The zero-order chi connectivity index (χ0) is 28.5. The van der Waals surface area contributed by atoms with E-state index in [-0.39, 0.29) is 24.0 Å². The van der Waals surface area contributed by atoms with Gasteiger partial charge in [-0.1, -0.05) is 17.7 Å². The van der Waals surface area contributed by atoms with E-state index in [2.05, 4.69) is 9.88 Å². The molecule has 0 radical (unpaired) electrons. The summed E-state index contributed by atoms with van der Waals surface area (Å²) in [5.41, 5.74) is 3.68. The molecule has 2 aromatic carbocycles. The molecular weight excluding hydrogens is 549 g/mol. The lowest BCUT2D eigenvalue weighted by atomic mass is 10.1. The number of fused-ring (bicyclic) bond motifs is 1. The highest BCUT2D eigenvalue weighted by atomic mass is 35.5. The largest absolute Gasteiger partial charge is 0.486 e. The summed E-state index contributed by atoms with van der Waals surface area (Å²) in [4.78, 5) is 23.0. The molecule has 0 saturated carbocycles. The number of aromatic nitrogens is 3. The molecule has 1 saturated heterocycles. The highest BCUT2D eigenvalue weighted by molar-refractivity contribution is 6.32. The molecule has 9 nitrogen and oxygen atoms in total. The van der Waals surface area contributed by atoms with E-state index in [1.165, 1.54) is 12.1 Å². The third-order valence-corrected chi connectivity index (χ3v) is 7.55. The van der Waals surface area contributed by atoms with Gasteiger partial charge in [-0.3, -0.25) is 4.90 Å². The maximum atomic E-state index is 14.9. The van der Waals surface area contributed by atoms with Gasteiger partial charge in [-0.2, -0.15) is 5.26 Å². The van der Waals surface area contributed by atoms with Crippen LogP contribution in [-0.4, -0.2) is 56.3 Å². The van der Waals surface area contributed by atoms with Gasteiger partial charge in [-0.05, 0) is 60.5 Å². The Labute approximate surface area is 240 Å². The minimum Gasteiger partial charge on any atom is -0.486 e. The van der Waals surface area contributed by atoms with Crippen LogP contribution in [0.3, 0.4) is 0 Å². The Morgan fingerprint density at radius 2 is 2.07 bits per heavy atom. The quantitative estimate of drug-likeness (QED) is 0.295. The first kappa shape index (κ1) is 26.9. The third kappa shape index (κ3) is 5.65. The van der Waals surface area contributed by atoms with E-state index in [1.807, 2.05) is 16.7 Å². The van der Waals surface area contributed by atoms with Crippen LogP contribution in [0.2, 0.25) is 5.02 Å². The lowest BCUT2D eigenvalue weighted by Crippen LogP contribution is -2.32. The topological polar surface area (TPSA) is 114 Å². The Kier molecular flexibility index (Phi) is 7.41. The monoisotopic (exact) mass is 573 g/mol. The zero-order valence-corrected chi connectivity index (χ0v) is 22.6. The van der Waals surface area contributed by atoms with Crippen LogP contribution in [0.1, 0.15) is 39.6 Å². The fraction of sp³-hybridized carbons (Fsp3) is 0.267. The Morgan fingerprint density at radius 3 is 2.80 bits per heavy atom. The van der Waals surface area contributed by atoms with Crippen molar-refractivity contribution in [1.29, 1.82) is 5.26 Å². The van der Waals surface area contributed by atoms with Gasteiger partial charge in [0.1, 0.15) is 29.7 Å². The summed E-state index contributed by atoms with van der Waals surface area (Å²) < 4.78 is 28.4. The van der Waals surface area contributed by atoms with Gasteiger partial charge < -0.3 is 19.1 Å². The molecule has 0 amide bonds. The van der Waals surface area contributed by atoms with Crippen LogP contribution in [0.5, 0.6) is 5.75 Å². The van der Waals surface area contributed by atoms with Gasteiger partial charge in [-0.25, -0.2) is 19.2 Å². The molecule has 41 heavy (non-hydrogen) atoms. The Hall–Kier alpha value is -4.30. The SMILES string of the molecule is N#Cc1ccc(OCc2ccc(F)c(C3=CCN(Cc4nc5ccc(C(=O)O)cc5n4C[C@@H]4CCO4)C3)n2)c(Cl)c1. The Morgan fingerprint density at radius 1 is 1.22 bits per heavy atom. The van der Waals surface area contributed by atoms with E-state index in [0.717, 1.165) is 35.5 Å². The van der Waals surface area contributed by atoms with Crippen molar-refractivity contribution in [2.75, 3.05) is 19.7 Å². The van der Waals surface area contributed by atoms with Crippen LogP contribution in [0.25, 0.3) is 16.6 Å². The van der Waals surface area contributed by atoms with Crippen LogP contribution >= 0.6 is 11.6 Å². The van der Waals surface area contributed by atoms with Crippen LogP contribution in [0.15, 0.2) is 54.6 Å². The molecule has 11 heteroatoms. The molecular formula is C30H25ClFN5O4. The predicted octanol–water partition coefficient (Wildman–Crippen LogP) is 5.06. The lowest BCUT2D eigenvalue weighted by Gasteiger charge is -2.28. The molecule has 0 unspecified atom stereocenters. The van der Waals surface area contributed by atoms with Crippen LogP contribution < -0.4 is 4.74 Å². The first-order valence-corrected chi connectivity index (χ1v) is 13.5. The molecule has 2 aromatic heterocycles. The van der Waals surface area contributed by atoms with Gasteiger partial charge in [-0.15, -0.1) is 0 Å². The van der Waals surface area contributed by atoms with Crippen molar-refractivity contribution in [3.63, 3.8) is 0 Å². The van der Waals surface area contributed by atoms with E-state index in [4.69, 9.17) is 31.3 Å². The molecule has 0 bridgehead atoms. The van der Waals surface area contributed by atoms with Crippen molar-refractivity contribution in [2.24, 2.45) is 0 Å². The third-order valence-electron chi connectivity index (χ3n) is 7.25. The highest BCUT2D eigenvalue weighted by Gasteiger charge is 2.25. The number of pyridine rings is 1. The van der Waals surface area contributed by atoms with Crippen molar-refractivity contribution < 1.29 is 23.8 Å². The molecule has 0 aliphatic carbocycles. The lowest BCUT2D eigenvalue weighted by molar-refractivity contribution is -0.0591. The van der Waals surface area contributed by atoms with Crippen LogP contribution in [-0.2, 0) is 24.4 Å². The number of hydrogen-bond acceptors (Lipinski definition) is 7. The van der Waals surface area contributed by atoms with Crippen molar-refractivity contribution in [3.8, 4) is 11.8 Å². The Bertz CT molecular complexity index is 1730. The number of benzene rings is 2. The standard InChI is InChI=1S/C30H25ClFN5O4/c31-23-11-18(13-33)1-6-27(23)41-17-21-3-4-24(32)29(34-21)20-7-9-36(14-20)16-28-35-25-5-2-19(30(38)39)12-26(25)37(28)15-22-8-10-40-22/h1-7,11-12,22H,8-10,14-17H2,(H,38,39)/t22-/m0/s1. The fourth-order valence-corrected chi connectivity index (χ4v) is 5.23. The predicted molar refractivity (Wildman–Crippen MR) is 149 cm³/mol. The zero-order valence-electron chi connectivity index (χ0n) is 21.9. The van der Waals surface area contributed by atoms with Gasteiger partial charge in [0.2, 0.25) is 0 Å². The smallest absolute Gasteiger partial charge is 0.335 e. The number of hydrogen-bond donors (Lipinski definition) is 1. The highest BCUT2D eigenvalue weighted by Crippen LogP contribution is 2.28. The molecule has 4 aromatic rings. The second kappa shape index (κ2) is 11.3.